The molecule has 5 heteroatoms. The highest BCUT2D eigenvalue weighted by molar-refractivity contribution is 6.31. The molecule has 0 aliphatic heterocycles. The van der Waals surface area contributed by atoms with Crippen LogP contribution in [0, 0.1) is 12.7 Å². The van der Waals surface area contributed by atoms with E-state index >= 15 is 0 Å². The van der Waals surface area contributed by atoms with Crippen LogP contribution < -0.4 is 0 Å². The molecular weight excluding hydrogens is 277 g/mol. The van der Waals surface area contributed by atoms with E-state index in [1.165, 1.54) is 23.4 Å². The quantitative estimate of drug-likeness (QED) is 0.840. The molecule has 2 rings (SSSR count). The topological polar surface area (TPSA) is 21.1 Å². The molecule has 2 aromatic rings. The molecule has 0 fully saturated rings. The van der Waals surface area contributed by atoms with Gasteiger partial charge in [0.2, 0.25) is 0 Å². The van der Waals surface area contributed by atoms with Crippen LogP contribution in [0.15, 0.2) is 24.4 Å². The lowest BCUT2D eigenvalue weighted by atomic mass is 10.2. The number of hydrogen-bond donors (Lipinski definition) is 0. The highest BCUT2D eigenvalue weighted by atomic mass is 35.5. The smallest absolute Gasteiger partial charge is 0.124 e. The Labute approximate surface area is 124 Å². The molecule has 0 atom stereocenters. The molecule has 1 aromatic carbocycles. The molecule has 0 N–H and O–H groups in total. The van der Waals surface area contributed by atoms with Gasteiger partial charge in [0.1, 0.15) is 5.82 Å². The summed E-state index contributed by atoms with van der Waals surface area (Å²) in [5.41, 5.74) is 3.31. The summed E-state index contributed by atoms with van der Waals surface area (Å²) in [6.45, 7) is 6.49. The van der Waals surface area contributed by atoms with Crippen LogP contribution >= 0.6 is 11.6 Å². The summed E-state index contributed by atoms with van der Waals surface area (Å²) < 4.78 is 15.0. The molecule has 0 aliphatic carbocycles. The summed E-state index contributed by atoms with van der Waals surface area (Å²) in [7, 11) is 2.02. The third kappa shape index (κ3) is 3.38. The van der Waals surface area contributed by atoms with Gasteiger partial charge in [-0.15, -0.1) is 0 Å². The largest absolute Gasteiger partial charge is 0.298 e. The van der Waals surface area contributed by atoms with Gasteiger partial charge in [0.05, 0.1) is 6.20 Å². The van der Waals surface area contributed by atoms with E-state index in [-0.39, 0.29) is 5.82 Å². The van der Waals surface area contributed by atoms with Gasteiger partial charge >= 0.3 is 0 Å². The number of rotatable bonds is 5. The van der Waals surface area contributed by atoms with Gasteiger partial charge in [0.25, 0.3) is 0 Å². The van der Waals surface area contributed by atoms with Gasteiger partial charge in [-0.05, 0) is 38.6 Å². The van der Waals surface area contributed by atoms with Crippen molar-refractivity contribution >= 4 is 11.6 Å². The first kappa shape index (κ1) is 15.0. The predicted molar refractivity (Wildman–Crippen MR) is 79.2 cm³/mol. The van der Waals surface area contributed by atoms with Crippen LogP contribution in [-0.2, 0) is 19.6 Å². The van der Waals surface area contributed by atoms with Gasteiger partial charge < -0.3 is 0 Å². The maximum absolute atomic E-state index is 13.0. The van der Waals surface area contributed by atoms with Gasteiger partial charge in [-0.25, -0.2) is 4.39 Å². The molecule has 0 amide bonds. The molecule has 1 heterocycles. The molecule has 0 aliphatic rings. The molecule has 3 nitrogen and oxygen atoms in total. The van der Waals surface area contributed by atoms with Crippen LogP contribution in [0.5, 0.6) is 0 Å². The molecule has 108 valence electrons. The van der Waals surface area contributed by atoms with E-state index in [2.05, 4.69) is 23.8 Å². The third-order valence-corrected chi connectivity index (χ3v) is 3.75. The number of nitrogens with zero attached hydrogens (tertiary/aromatic N) is 3. The van der Waals surface area contributed by atoms with Crippen molar-refractivity contribution in [3.63, 3.8) is 0 Å². The number of halogens is 2. The van der Waals surface area contributed by atoms with Crippen LogP contribution in [0.3, 0.4) is 0 Å². The molecule has 0 saturated carbocycles. The zero-order chi connectivity index (χ0) is 14.7. The summed E-state index contributed by atoms with van der Waals surface area (Å²) in [6.07, 6.45) is 1.90. The van der Waals surface area contributed by atoms with Crippen molar-refractivity contribution in [2.24, 2.45) is 0 Å². The predicted octanol–water partition coefficient (Wildman–Crippen LogP) is 3.64. The van der Waals surface area contributed by atoms with Gasteiger partial charge in [0.15, 0.2) is 0 Å². The standard InChI is InChI=1S/C15H19ClFN3/c1-4-20-11(2)13(8-18-20)10-19(3)9-12-5-6-14(17)7-15(12)16/h5-8H,4,9-10H2,1-3H3. The zero-order valence-corrected chi connectivity index (χ0v) is 12.8. The molecule has 0 spiro atoms. The Morgan fingerprint density at radius 2 is 2.00 bits per heavy atom. The SMILES string of the molecule is CCn1ncc(CN(C)Cc2ccc(F)cc2Cl)c1C. The van der Waals surface area contributed by atoms with Gasteiger partial charge in [0, 0.05) is 35.9 Å². The third-order valence-electron chi connectivity index (χ3n) is 3.40. The van der Waals surface area contributed by atoms with Crippen LogP contribution in [0.1, 0.15) is 23.7 Å². The molecule has 0 bridgehead atoms. The molecule has 20 heavy (non-hydrogen) atoms. The summed E-state index contributed by atoms with van der Waals surface area (Å²) in [5, 5.41) is 4.81. The number of hydrogen-bond acceptors (Lipinski definition) is 2. The van der Waals surface area contributed by atoms with Crippen LogP contribution in [0.2, 0.25) is 5.02 Å². The Bertz CT molecular complexity index is 595. The maximum Gasteiger partial charge on any atom is 0.124 e. The average Bonchev–Trinajstić information content (AvgIpc) is 2.74. The maximum atomic E-state index is 13.0. The molecule has 0 saturated heterocycles. The first-order valence-electron chi connectivity index (χ1n) is 6.65. The first-order valence-corrected chi connectivity index (χ1v) is 7.02. The van der Waals surface area contributed by atoms with Crippen molar-refractivity contribution in [1.29, 1.82) is 0 Å². The lowest BCUT2D eigenvalue weighted by Crippen LogP contribution is -2.18. The second kappa shape index (κ2) is 6.37. The van der Waals surface area contributed by atoms with Crippen molar-refractivity contribution in [3.05, 3.63) is 52.1 Å². The van der Waals surface area contributed by atoms with Crippen LogP contribution in [-0.4, -0.2) is 21.7 Å². The highest BCUT2D eigenvalue weighted by Gasteiger charge is 2.10. The lowest BCUT2D eigenvalue weighted by Gasteiger charge is -2.17. The average molecular weight is 296 g/mol. The fourth-order valence-electron chi connectivity index (χ4n) is 2.25. The molecular formula is C15H19ClFN3. The van der Waals surface area contributed by atoms with Crippen LogP contribution in [0.25, 0.3) is 0 Å². The van der Waals surface area contributed by atoms with Crippen molar-refractivity contribution in [1.82, 2.24) is 14.7 Å². The van der Waals surface area contributed by atoms with E-state index in [1.807, 2.05) is 17.9 Å². The summed E-state index contributed by atoms with van der Waals surface area (Å²) in [4.78, 5) is 2.14. The number of aryl methyl sites for hydroxylation is 1. The lowest BCUT2D eigenvalue weighted by molar-refractivity contribution is 0.318. The summed E-state index contributed by atoms with van der Waals surface area (Å²) in [6, 6.07) is 4.52. The van der Waals surface area contributed by atoms with E-state index in [1.54, 1.807) is 6.07 Å². The van der Waals surface area contributed by atoms with Crippen molar-refractivity contribution in [3.8, 4) is 0 Å². The summed E-state index contributed by atoms with van der Waals surface area (Å²) >= 11 is 6.05. The minimum absolute atomic E-state index is 0.304. The Morgan fingerprint density at radius 3 is 2.60 bits per heavy atom. The van der Waals surface area contributed by atoms with Crippen molar-refractivity contribution in [2.75, 3.05) is 7.05 Å². The Kier molecular flexibility index (Phi) is 4.78. The number of benzene rings is 1. The zero-order valence-electron chi connectivity index (χ0n) is 12.0. The molecule has 0 radical (unpaired) electrons. The Hall–Kier alpha value is -1.39. The van der Waals surface area contributed by atoms with Gasteiger partial charge in [-0.3, -0.25) is 9.58 Å². The normalized spacial score (nSPS) is 11.3. The van der Waals surface area contributed by atoms with E-state index in [0.29, 0.717) is 11.6 Å². The summed E-state index contributed by atoms with van der Waals surface area (Å²) in [5.74, 6) is -0.304. The van der Waals surface area contributed by atoms with E-state index in [0.717, 1.165) is 18.7 Å². The van der Waals surface area contributed by atoms with Crippen molar-refractivity contribution < 1.29 is 4.39 Å². The number of aromatic nitrogens is 2. The van der Waals surface area contributed by atoms with Crippen LogP contribution in [0.4, 0.5) is 4.39 Å². The first-order chi connectivity index (χ1) is 9.51. The van der Waals surface area contributed by atoms with E-state index < -0.39 is 0 Å². The fraction of sp³-hybridized carbons (Fsp3) is 0.400. The Balaban J connectivity index is 2.05. The van der Waals surface area contributed by atoms with E-state index in [4.69, 9.17) is 11.6 Å². The van der Waals surface area contributed by atoms with Gasteiger partial charge in [-0.2, -0.15) is 5.10 Å². The monoisotopic (exact) mass is 295 g/mol. The highest BCUT2D eigenvalue weighted by Crippen LogP contribution is 2.19. The van der Waals surface area contributed by atoms with Crippen molar-refractivity contribution in [2.45, 2.75) is 33.5 Å². The Morgan fingerprint density at radius 1 is 1.30 bits per heavy atom. The fourth-order valence-corrected chi connectivity index (χ4v) is 2.47. The minimum atomic E-state index is -0.304. The minimum Gasteiger partial charge on any atom is -0.298 e. The second-order valence-electron chi connectivity index (χ2n) is 4.98. The molecule has 1 aromatic heterocycles. The van der Waals surface area contributed by atoms with Gasteiger partial charge in [-0.1, -0.05) is 17.7 Å². The second-order valence-corrected chi connectivity index (χ2v) is 5.39. The molecule has 0 unspecified atom stereocenters. The van der Waals surface area contributed by atoms with E-state index in [9.17, 15) is 4.39 Å².